The summed E-state index contributed by atoms with van der Waals surface area (Å²) in [6.45, 7) is 1.25. The van der Waals surface area contributed by atoms with Crippen LogP contribution in [-0.4, -0.2) is 13.2 Å². The maximum atomic E-state index is 13.0. The quantitative estimate of drug-likeness (QED) is 0.268. The summed E-state index contributed by atoms with van der Waals surface area (Å²) in [4.78, 5) is 0. The van der Waals surface area contributed by atoms with Gasteiger partial charge in [-0.2, -0.15) is 0 Å². The number of hydrogen-bond donors (Lipinski definition) is 3. The van der Waals surface area contributed by atoms with E-state index in [2.05, 4.69) is 10.7 Å². The summed E-state index contributed by atoms with van der Waals surface area (Å²) in [7, 11) is 0. The molecule has 0 amide bonds. The molecule has 0 bridgehead atoms. The van der Waals surface area contributed by atoms with Crippen LogP contribution in [0.15, 0.2) is 24.3 Å². The van der Waals surface area contributed by atoms with Crippen LogP contribution >= 0.6 is 0 Å². The fourth-order valence-corrected chi connectivity index (χ4v) is 1.08. The van der Waals surface area contributed by atoms with Gasteiger partial charge in [-0.3, -0.25) is 5.84 Å². The van der Waals surface area contributed by atoms with Gasteiger partial charge in [-0.1, -0.05) is 18.2 Å². The highest BCUT2D eigenvalue weighted by atomic mass is 19.1. The molecule has 0 heterocycles. The standard InChI is InChI=1S/C9H14FN3/c10-9-4-2-1-3-8(9)5-6-12-7-13-11/h1-4,12-13H,5-7,11H2. The molecule has 0 aliphatic heterocycles. The summed E-state index contributed by atoms with van der Waals surface area (Å²) in [6, 6.07) is 6.77. The van der Waals surface area contributed by atoms with E-state index in [0.717, 1.165) is 5.56 Å². The van der Waals surface area contributed by atoms with E-state index in [9.17, 15) is 4.39 Å². The molecule has 3 nitrogen and oxygen atoms in total. The van der Waals surface area contributed by atoms with Crippen LogP contribution in [0.1, 0.15) is 5.56 Å². The van der Waals surface area contributed by atoms with Crippen LogP contribution in [0.3, 0.4) is 0 Å². The van der Waals surface area contributed by atoms with E-state index < -0.39 is 0 Å². The lowest BCUT2D eigenvalue weighted by atomic mass is 10.1. The van der Waals surface area contributed by atoms with Crippen LogP contribution in [0.4, 0.5) is 4.39 Å². The van der Waals surface area contributed by atoms with Crippen LogP contribution in [0.2, 0.25) is 0 Å². The minimum absolute atomic E-state index is 0.148. The topological polar surface area (TPSA) is 50.1 Å². The molecule has 0 saturated carbocycles. The van der Waals surface area contributed by atoms with Gasteiger partial charge in [-0.15, -0.1) is 0 Å². The molecule has 1 rings (SSSR count). The molecule has 0 fully saturated rings. The second-order valence-corrected chi connectivity index (χ2v) is 2.72. The Morgan fingerprint density at radius 1 is 1.31 bits per heavy atom. The molecule has 0 aliphatic rings. The lowest BCUT2D eigenvalue weighted by Crippen LogP contribution is -2.34. The van der Waals surface area contributed by atoms with E-state index in [4.69, 9.17) is 5.84 Å². The molecule has 0 saturated heterocycles. The Kier molecular flexibility index (Phi) is 4.39. The predicted molar refractivity (Wildman–Crippen MR) is 50.3 cm³/mol. The third-order valence-electron chi connectivity index (χ3n) is 1.76. The molecule has 4 heteroatoms. The molecule has 13 heavy (non-hydrogen) atoms. The average molecular weight is 183 g/mol. The van der Waals surface area contributed by atoms with Gasteiger partial charge in [0.2, 0.25) is 0 Å². The summed E-state index contributed by atoms with van der Waals surface area (Å²) in [5.74, 6) is 4.90. The number of benzene rings is 1. The van der Waals surface area contributed by atoms with Crippen molar-refractivity contribution < 1.29 is 4.39 Å². The van der Waals surface area contributed by atoms with Crippen LogP contribution in [0, 0.1) is 5.82 Å². The molecule has 0 unspecified atom stereocenters. The monoisotopic (exact) mass is 183 g/mol. The van der Waals surface area contributed by atoms with Gasteiger partial charge in [0.1, 0.15) is 5.82 Å². The molecule has 1 aromatic rings. The highest BCUT2D eigenvalue weighted by molar-refractivity contribution is 5.17. The first-order valence-corrected chi connectivity index (χ1v) is 4.22. The van der Waals surface area contributed by atoms with Gasteiger partial charge in [0.25, 0.3) is 0 Å². The van der Waals surface area contributed by atoms with Crippen molar-refractivity contribution in [2.24, 2.45) is 5.84 Å². The van der Waals surface area contributed by atoms with Gasteiger partial charge in [0, 0.05) is 6.54 Å². The van der Waals surface area contributed by atoms with E-state index in [1.165, 1.54) is 6.07 Å². The van der Waals surface area contributed by atoms with Gasteiger partial charge in [0.05, 0.1) is 6.67 Å². The lowest BCUT2D eigenvalue weighted by molar-refractivity contribution is 0.577. The molecular weight excluding hydrogens is 169 g/mol. The van der Waals surface area contributed by atoms with Crippen molar-refractivity contribution in [2.45, 2.75) is 6.42 Å². The third kappa shape index (κ3) is 3.50. The van der Waals surface area contributed by atoms with E-state index in [1.807, 2.05) is 6.07 Å². The highest BCUT2D eigenvalue weighted by Crippen LogP contribution is 2.05. The van der Waals surface area contributed by atoms with Crippen LogP contribution in [0.25, 0.3) is 0 Å². The van der Waals surface area contributed by atoms with Crippen molar-refractivity contribution in [1.29, 1.82) is 0 Å². The first-order valence-electron chi connectivity index (χ1n) is 4.22. The first-order chi connectivity index (χ1) is 6.34. The minimum Gasteiger partial charge on any atom is -0.303 e. The van der Waals surface area contributed by atoms with Crippen molar-refractivity contribution in [2.75, 3.05) is 13.2 Å². The van der Waals surface area contributed by atoms with Crippen molar-refractivity contribution in [1.82, 2.24) is 10.7 Å². The fourth-order valence-electron chi connectivity index (χ4n) is 1.08. The minimum atomic E-state index is -0.148. The number of nitrogens with two attached hydrogens (primary N) is 1. The second kappa shape index (κ2) is 5.64. The molecule has 0 spiro atoms. The third-order valence-corrected chi connectivity index (χ3v) is 1.76. The van der Waals surface area contributed by atoms with E-state index in [1.54, 1.807) is 12.1 Å². The van der Waals surface area contributed by atoms with Gasteiger partial charge in [-0.05, 0) is 18.1 Å². The second-order valence-electron chi connectivity index (χ2n) is 2.72. The van der Waals surface area contributed by atoms with Gasteiger partial charge >= 0.3 is 0 Å². The lowest BCUT2D eigenvalue weighted by Gasteiger charge is -2.04. The fraction of sp³-hybridized carbons (Fsp3) is 0.333. The number of hydrazine groups is 1. The highest BCUT2D eigenvalue weighted by Gasteiger charge is 1.98. The summed E-state index contributed by atoms with van der Waals surface area (Å²) >= 11 is 0. The van der Waals surface area contributed by atoms with E-state index in [0.29, 0.717) is 19.6 Å². The normalized spacial score (nSPS) is 10.3. The Morgan fingerprint density at radius 2 is 2.08 bits per heavy atom. The smallest absolute Gasteiger partial charge is 0.126 e. The number of hydrogen-bond acceptors (Lipinski definition) is 3. The first kappa shape index (κ1) is 10.1. The number of rotatable bonds is 5. The zero-order valence-corrected chi connectivity index (χ0v) is 7.39. The predicted octanol–water partition coefficient (Wildman–Crippen LogP) is 0.379. The van der Waals surface area contributed by atoms with Gasteiger partial charge < -0.3 is 5.32 Å². The summed E-state index contributed by atoms with van der Waals surface area (Å²) in [5.41, 5.74) is 3.19. The average Bonchev–Trinajstić information content (AvgIpc) is 2.15. The van der Waals surface area contributed by atoms with Crippen LogP contribution in [0.5, 0.6) is 0 Å². The van der Waals surface area contributed by atoms with Crippen LogP contribution in [-0.2, 0) is 6.42 Å². The van der Waals surface area contributed by atoms with Crippen LogP contribution < -0.4 is 16.6 Å². The van der Waals surface area contributed by atoms with Crippen molar-refractivity contribution in [3.8, 4) is 0 Å². The van der Waals surface area contributed by atoms with Gasteiger partial charge in [-0.25, -0.2) is 9.82 Å². The molecule has 0 atom stereocenters. The Labute approximate surface area is 77.1 Å². The largest absolute Gasteiger partial charge is 0.303 e. The number of halogens is 1. The maximum absolute atomic E-state index is 13.0. The van der Waals surface area contributed by atoms with Gasteiger partial charge in [0.15, 0.2) is 0 Å². The number of nitrogens with one attached hydrogen (secondary N) is 2. The van der Waals surface area contributed by atoms with E-state index in [-0.39, 0.29) is 5.82 Å². The Bertz CT molecular complexity index is 252. The molecular formula is C9H14FN3. The van der Waals surface area contributed by atoms with Crippen molar-refractivity contribution in [3.05, 3.63) is 35.6 Å². The molecule has 72 valence electrons. The molecule has 1 aromatic carbocycles. The van der Waals surface area contributed by atoms with Crippen molar-refractivity contribution in [3.63, 3.8) is 0 Å². The van der Waals surface area contributed by atoms with Crippen molar-refractivity contribution >= 4 is 0 Å². The molecule has 0 aromatic heterocycles. The Hall–Kier alpha value is -0.970. The molecule has 0 aliphatic carbocycles. The zero-order valence-electron chi connectivity index (χ0n) is 7.39. The van der Waals surface area contributed by atoms with E-state index >= 15 is 0 Å². The maximum Gasteiger partial charge on any atom is 0.126 e. The molecule has 4 N–H and O–H groups in total. The summed E-state index contributed by atoms with van der Waals surface area (Å²) < 4.78 is 13.0. The summed E-state index contributed by atoms with van der Waals surface area (Å²) in [5, 5.41) is 3.01. The summed E-state index contributed by atoms with van der Waals surface area (Å²) in [6.07, 6.45) is 0.675. The SMILES string of the molecule is NNCNCCc1ccccc1F. The molecule has 0 radical (unpaired) electrons. The zero-order chi connectivity index (χ0) is 9.52. The Balaban J connectivity index is 2.32. The Morgan fingerprint density at radius 3 is 2.77 bits per heavy atom.